The quantitative estimate of drug-likeness (QED) is 0.101. The summed E-state index contributed by atoms with van der Waals surface area (Å²) in [6.07, 6.45) is 0.0773. The lowest BCUT2D eigenvalue weighted by Gasteiger charge is -2.18. The minimum absolute atomic E-state index is 0.0384. The molecule has 0 unspecified atom stereocenters. The van der Waals surface area contributed by atoms with E-state index in [4.69, 9.17) is 38.2 Å². The number of carbonyl (C=O) groups excluding carboxylic acids is 1. The summed E-state index contributed by atoms with van der Waals surface area (Å²) in [6, 6.07) is 24.5. The van der Waals surface area contributed by atoms with Gasteiger partial charge in [-0.15, -0.1) is 0 Å². The first-order chi connectivity index (χ1) is 18.7. The molecule has 0 atom stereocenters. The molecule has 0 aliphatic heterocycles. The van der Waals surface area contributed by atoms with E-state index in [9.17, 15) is 4.79 Å². The molecule has 204 valence electrons. The largest absolute Gasteiger partial charge is 0.463 e. The van der Waals surface area contributed by atoms with Crippen LogP contribution in [0.3, 0.4) is 0 Å². The normalized spacial score (nSPS) is 10.8. The summed E-state index contributed by atoms with van der Waals surface area (Å²) in [5.74, 6) is -0.0518. The smallest absolute Gasteiger partial charge is 0.356 e. The minimum atomic E-state index is -0.542. The van der Waals surface area contributed by atoms with Gasteiger partial charge in [0, 0.05) is 20.1 Å². The SMILES string of the molecule is COCCOCOc1cccc(OOC(=O)CC(c2ccccc2)c2ccccc2)c1OCOCCOC. The van der Waals surface area contributed by atoms with E-state index in [0.29, 0.717) is 32.2 Å². The van der Waals surface area contributed by atoms with Crippen molar-refractivity contribution in [1.82, 2.24) is 0 Å². The number of methoxy groups -OCH3 is 2. The Labute approximate surface area is 223 Å². The first kappa shape index (κ1) is 28.9. The van der Waals surface area contributed by atoms with Gasteiger partial charge in [-0.25, -0.2) is 4.79 Å². The van der Waals surface area contributed by atoms with Gasteiger partial charge in [-0.2, -0.15) is 0 Å². The molecule has 0 aliphatic carbocycles. The molecule has 0 fully saturated rings. The topological polar surface area (TPSA) is 90.9 Å². The maximum Gasteiger partial charge on any atom is 0.356 e. The second-order valence-electron chi connectivity index (χ2n) is 8.03. The second-order valence-corrected chi connectivity index (χ2v) is 8.03. The third-order valence-electron chi connectivity index (χ3n) is 5.39. The van der Waals surface area contributed by atoms with Crippen molar-refractivity contribution in [2.24, 2.45) is 0 Å². The van der Waals surface area contributed by atoms with Gasteiger partial charge in [0.25, 0.3) is 0 Å². The molecule has 9 nitrogen and oxygen atoms in total. The van der Waals surface area contributed by atoms with Crippen molar-refractivity contribution in [3.8, 4) is 17.2 Å². The van der Waals surface area contributed by atoms with Gasteiger partial charge in [0.05, 0.1) is 32.8 Å². The zero-order chi connectivity index (χ0) is 26.8. The van der Waals surface area contributed by atoms with Gasteiger partial charge in [0.2, 0.25) is 11.5 Å². The molecule has 38 heavy (non-hydrogen) atoms. The first-order valence-electron chi connectivity index (χ1n) is 12.2. The molecule has 3 aromatic carbocycles. The van der Waals surface area contributed by atoms with Gasteiger partial charge < -0.3 is 28.4 Å². The van der Waals surface area contributed by atoms with Crippen molar-refractivity contribution in [2.75, 3.05) is 54.2 Å². The lowest BCUT2D eigenvalue weighted by molar-refractivity contribution is -0.214. The van der Waals surface area contributed by atoms with Crippen LogP contribution in [-0.2, 0) is 28.6 Å². The number of para-hydroxylation sites is 1. The second kappa shape index (κ2) is 17.0. The molecule has 3 rings (SSSR count). The third-order valence-corrected chi connectivity index (χ3v) is 5.39. The zero-order valence-corrected chi connectivity index (χ0v) is 21.7. The third kappa shape index (κ3) is 9.68. The van der Waals surface area contributed by atoms with E-state index in [1.54, 1.807) is 32.4 Å². The molecule has 0 radical (unpaired) electrons. The van der Waals surface area contributed by atoms with Crippen LogP contribution in [-0.4, -0.2) is 60.2 Å². The summed E-state index contributed by atoms with van der Waals surface area (Å²) in [5, 5.41) is 0. The molecule has 3 aromatic rings. The van der Waals surface area contributed by atoms with Gasteiger partial charge in [0.15, 0.2) is 19.3 Å². The van der Waals surface area contributed by atoms with Crippen molar-refractivity contribution in [3.63, 3.8) is 0 Å². The van der Waals surface area contributed by atoms with Crippen LogP contribution in [0.15, 0.2) is 78.9 Å². The number of benzene rings is 3. The Morgan fingerprint density at radius 1 is 0.658 bits per heavy atom. The molecule has 0 heterocycles. The van der Waals surface area contributed by atoms with E-state index < -0.39 is 5.97 Å². The van der Waals surface area contributed by atoms with E-state index >= 15 is 0 Å². The molecule has 0 amide bonds. The van der Waals surface area contributed by atoms with Gasteiger partial charge in [-0.1, -0.05) is 66.7 Å². The standard InChI is InChI=1S/C29H34O9/c1-31-16-18-33-21-35-26-14-9-15-27(29(26)36-22-34-19-17-32-2)37-38-28(30)20-25(23-10-5-3-6-11-23)24-12-7-4-8-13-24/h3-15,25H,16-22H2,1-2H3. The first-order valence-corrected chi connectivity index (χ1v) is 12.2. The molecule has 0 saturated heterocycles. The fraction of sp³-hybridized carbons (Fsp3) is 0.345. The summed E-state index contributed by atoms with van der Waals surface area (Å²) >= 11 is 0. The van der Waals surface area contributed by atoms with Crippen LogP contribution >= 0.6 is 0 Å². The van der Waals surface area contributed by atoms with Crippen LogP contribution in [0.1, 0.15) is 23.5 Å². The van der Waals surface area contributed by atoms with E-state index in [1.165, 1.54) is 0 Å². The van der Waals surface area contributed by atoms with Crippen molar-refractivity contribution >= 4 is 5.97 Å². The summed E-state index contributed by atoms with van der Waals surface area (Å²) in [6.45, 7) is 1.42. The van der Waals surface area contributed by atoms with E-state index in [1.807, 2.05) is 60.7 Å². The van der Waals surface area contributed by atoms with Gasteiger partial charge in [0.1, 0.15) is 0 Å². The van der Waals surface area contributed by atoms with Crippen LogP contribution in [0.25, 0.3) is 0 Å². The minimum Gasteiger partial charge on any atom is -0.463 e. The average Bonchev–Trinajstić information content (AvgIpc) is 2.96. The molecule has 0 saturated carbocycles. The number of hydrogen-bond acceptors (Lipinski definition) is 9. The number of ether oxygens (including phenoxy) is 6. The molecule has 0 N–H and O–H groups in total. The molecule has 0 aromatic heterocycles. The summed E-state index contributed by atoms with van der Waals surface area (Å²) < 4.78 is 32.2. The Kier molecular flexibility index (Phi) is 12.9. The molecule has 0 bridgehead atoms. The monoisotopic (exact) mass is 526 g/mol. The van der Waals surface area contributed by atoms with E-state index in [2.05, 4.69) is 0 Å². The van der Waals surface area contributed by atoms with Crippen LogP contribution in [0.2, 0.25) is 0 Å². The van der Waals surface area contributed by atoms with E-state index in [-0.39, 0.29) is 37.4 Å². The molecule has 0 aliphatic rings. The van der Waals surface area contributed by atoms with Crippen molar-refractivity contribution in [1.29, 1.82) is 0 Å². The highest BCUT2D eigenvalue weighted by molar-refractivity contribution is 5.71. The van der Waals surface area contributed by atoms with E-state index in [0.717, 1.165) is 11.1 Å². The van der Waals surface area contributed by atoms with Gasteiger partial charge in [-0.3, -0.25) is 9.78 Å². The molecule has 0 spiro atoms. The molecular weight excluding hydrogens is 492 g/mol. The summed E-state index contributed by atoms with van der Waals surface area (Å²) in [5.41, 5.74) is 1.99. The number of rotatable bonds is 18. The Hall–Kier alpha value is -3.63. The fourth-order valence-electron chi connectivity index (χ4n) is 3.52. The summed E-state index contributed by atoms with van der Waals surface area (Å²) in [4.78, 5) is 23.5. The maximum atomic E-state index is 12.9. The predicted molar refractivity (Wildman–Crippen MR) is 139 cm³/mol. The summed E-state index contributed by atoms with van der Waals surface area (Å²) in [7, 11) is 3.17. The van der Waals surface area contributed by atoms with Gasteiger partial charge >= 0.3 is 5.97 Å². The average molecular weight is 527 g/mol. The Morgan fingerprint density at radius 3 is 1.79 bits per heavy atom. The number of carbonyl (C=O) groups is 1. The van der Waals surface area contributed by atoms with Crippen molar-refractivity contribution < 1.29 is 43.0 Å². The lowest BCUT2D eigenvalue weighted by Crippen LogP contribution is -2.15. The Bertz CT molecular complexity index is 1020. The maximum absolute atomic E-state index is 12.9. The Morgan fingerprint density at radius 2 is 1.21 bits per heavy atom. The molecule has 9 heteroatoms. The molecular formula is C29H34O9. The lowest BCUT2D eigenvalue weighted by atomic mass is 9.89. The Balaban J connectivity index is 1.67. The highest BCUT2D eigenvalue weighted by Crippen LogP contribution is 2.38. The van der Waals surface area contributed by atoms with Crippen LogP contribution < -0.4 is 14.4 Å². The fourth-order valence-corrected chi connectivity index (χ4v) is 3.52. The zero-order valence-electron chi connectivity index (χ0n) is 21.7. The van der Waals surface area contributed by atoms with Gasteiger partial charge in [-0.05, 0) is 23.3 Å². The number of hydrogen-bond donors (Lipinski definition) is 0. The van der Waals surface area contributed by atoms with Crippen LogP contribution in [0, 0.1) is 0 Å². The predicted octanol–water partition coefficient (Wildman–Crippen LogP) is 4.74. The highest BCUT2D eigenvalue weighted by Gasteiger charge is 2.21. The highest BCUT2D eigenvalue weighted by atomic mass is 17.2. The van der Waals surface area contributed by atoms with Crippen molar-refractivity contribution in [2.45, 2.75) is 12.3 Å². The van der Waals surface area contributed by atoms with Crippen LogP contribution in [0.5, 0.6) is 17.2 Å². The van der Waals surface area contributed by atoms with Crippen LogP contribution in [0.4, 0.5) is 0 Å². The van der Waals surface area contributed by atoms with Crippen molar-refractivity contribution in [3.05, 3.63) is 90.0 Å².